The van der Waals surface area contributed by atoms with E-state index in [0.29, 0.717) is 6.04 Å². The van der Waals surface area contributed by atoms with Crippen LogP contribution in [0.1, 0.15) is 19.4 Å². The molecule has 1 N–H and O–H groups in total. The highest BCUT2D eigenvalue weighted by atomic mass is 35.5. The minimum absolute atomic E-state index is 0.415. The van der Waals surface area contributed by atoms with Crippen LogP contribution in [-0.2, 0) is 6.54 Å². The number of nitrogens with one attached hydrogen (secondary N) is 1. The van der Waals surface area contributed by atoms with Gasteiger partial charge in [-0.15, -0.1) is 11.3 Å². The van der Waals surface area contributed by atoms with Gasteiger partial charge < -0.3 is 14.8 Å². The lowest BCUT2D eigenvalue weighted by Gasteiger charge is -2.16. The van der Waals surface area contributed by atoms with Gasteiger partial charge in [-0.2, -0.15) is 0 Å². The van der Waals surface area contributed by atoms with Gasteiger partial charge in [-0.1, -0.05) is 25.4 Å². The molecule has 21 heavy (non-hydrogen) atoms. The zero-order valence-electron chi connectivity index (χ0n) is 12.7. The van der Waals surface area contributed by atoms with Crippen molar-refractivity contribution in [2.24, 2.45) is 0 Å². The molecular weight excluding hydrogens is 306 g/mol. The molecule has 0 aliphatic carbocycles. The Hall–Kier alpha value is -1.23. The molecule has 1 aromatic heterocycles. The summed E-state index contributed by atoms with van der Waals surface area (Å²) in [7, 11) is 3.30. The van der Waals surface area contributed by atoms with Crippen molar-refractivity contribution in [3.05, 3.63) is 34.2 Å². The number of benzene rings is 1. The Balaban J connectivity index is 2.48. The summed E-state index contributed by atoms with van der Waals surface area (Å²) in [4.78, 5) is 1.13. The SMILES string of the molecule is COc1cc(CNC(C)C)c(-c2ccc(Cl)s2)cc1OC. The minimum atomic E-state index is 0.415. The van der Waals surface area contributed by atoms with Crippen molar-refractivity contribution in [1.82, 2.24) is 5.32 Å². The standard InChI is InChI=1S/C16H20ClNO2S/c1-10(2)18-9-11-7-13(19-3)14(20-4)8-12(11)15-5-6-16(17)21-15/h5-8,10,18H,9H2,1-4H3. The van der Waals surface area contributed by atoms with Gasteiger partial charge in [0.1, 0.15) is 0 Å². The Kier molecular flexibility index (Phi) is 5.51. The first kappa shape index (κ1) is 16.1. The molecule has 0 spiro atoms. The van der Waals surface area contributed by atoms with Gasteiger partial charge in [0.15, 0.2) is 11.5 Å². The van der Waals surface area contributed by atoms with Crippen LogP contribution >= 0.6 is 22.9 Å². The van der Waals surface area contributed by atoms with E-state index in [0.717, 1.165) is 32.8 Å². The lowest BCUT2D eigenvalue weighted by molar-refractivity contribution is 0.354. The molecule has 0 fully saturated rings. The van der Waals surface area contributed by atoms with E-state index < -0.39 is 0 Å². The van der Waals surface area contributed by atoms with Crippen LogP contribution in [0, 0.1) is 0 Å². The van der Waals surface area contributed by atoms with Crippen LogP contribution in [0.25, 0.3) is 10.4 Å². The number of halogens is 1. The fraction of sp³-hybridized carbons (Fsp3) is 0.375. The van der Waals surface area contributed by atoms with Crippen LogP contribution in [0.15, 0.2) is 24.3 Å². The second-order valence-corrected chi connectivity index (χ2v) is 6.72. The molecule has 0 radical (unpaired) electrons. The topological polar surface area (TPSA) is 30.5 Å². The molecule has 1 aromatic carbocycles. The minimum Gasteiger partial charge on any atom is -0.493 e. The Morgan fingerprint density at radius 2 is 1.81 bits per heavy atom. The van der Waals surface area contributed by atoms with Crippen LogP contribution in [0.5, 0.6) is 11.5 Å². The van der Waals surface area contributed by atoms with Crippen LogP contribution in [0.3, 0.4) is 0 Å². The van der Waals surface area contributed by atoms with Crippen molar-refractivity contribution >= 4 is 22.9 Å². The monoisotopic (exact) mass is 325 g/mol. The van der Waals surface area contributed by atoms with Crippen molar-refractivity contribution in [3.8, 4) is 21.9 Å². The Labute approximate surface area is 134 Å². The van der Waals surface area contributed by atoms with E-state index >= 15 is 0 Å². The van der Waals surface area contributed by atoms with Gasteiger partial charge >= 0.3 is 0 Å². The average molecular weight is 326 g/mol. The molecule has 2 rings (SSSR count). The van der Waals surface area contributed by atoms with Crippen molar-refractivity contribution in [3.63, 3.8) is 0 Å². The van der Waals surface area contributed by atoms with Gasteiger partial charge in [0.25, 0.3) is 0 Å². The molecule has 5 heteroatoms. The van der Waals surface area contributed by atoms with Crippen molar-refractivity contribution in [2.45, 2.75) is 26.4 Å². The number of hydrogen-bond donors (Lipinski definition) is 1. The molecule has 0 amide bonds. The molecule has 0 saturated heterocycles. The first-order chi connectivity index (χ1) is 10.0. The van der Waals surface area contributed by atoms with E-state index in [-0.39, 0.29) is 0 Å². The third-order valence-corrected chi connectivity index (χ3v) is 4.41. The van der Waals surface area contributed by atoms with Gasteiger partial charge in [-0.05, 0) is 29.8 Å². The lowest BCUT2D eigenvalue weighted by atomic mass is 10.0. The Morgan fingerprint density at radius 1 is 1.14 bits per heavy atom. The molecule has 1 heterocycles. The fourth-order valence-electron chi connectivity index (χ4n) is 2.07. The van der Waals surface area contributed by atoms with Crippen LogP contribution in [0.4, 0.5) is 0 Å². The number of hydrogen-bond acceptors (Lipinski definition) is 4. The average Bonchev–Trinajstić information content (AvgIpc) is 2.90. The Morgan fingerprint density at radius 3 is 2.33 bits per heavy atom. The maximum atomic E-state index is 6.07. The third-order valence-electron chi connectivity index (χ3n) is 3.15. The highest BCUT2D eigenvalue weighted by Gasteiger charge is 2.14. The zero-order valence-corrected chi connectivity index (χ0v) is 14.3. The molecule has 2 aromatic rings. The van der Waals surface area contributed by atoms with E-state index in [1.54, 1.807) is 25.6 Å². The maximum Gasteiger partial charge on any atom is 0.161 e. The normalized spacial score (nSPS) is 11.0. The summed E-state index contributed by atoms with van der Waals surface area (Å²) < 4.78 is 11.6. The summed E-state index contributed by atoms with van der Waals surface area (Å²) in [5, 5.41) is 3.44. The number of rotatable bonds is 6. The summed E-state index contributed by atoms with van der Waals surface area (Å²) in [5.41, 5.74) is 2.29. The van der Waals surface area contributed by atoms with E-state index in [1.807, 2.05) is 24.3 Å². The molecule has 3 nitrogen and oxygen atoms in total. The van der Waals surface area contributed by atoms with Crippen LogP contribution < -0.4 is 14.8 Å². The second-order valence-electron chi connectivity index (χ2n) is 5.00. The quantitative estimate of drug-likeness (QED) is 0.843. The zero-order chi connectivity index (χ0) is 15.4. The van der Waals surface area contributed by atoms with Crippen LogP contribution in [0.2, 0.25) is 4.34 Å². The first-order valence-electron chi connectivity index (χ1n) is 6.79. The maximum absolute atomic E-state index is 6.07. The van der Waals surface area contributed by atoms with Gasteiger partial charge in [0.2, 0.25) is 0 Å². The van der Waals surface area contributed by atoms with Gasteiger partial charge in [0, 0.05) is 23.0 Å². The lowest BCUT2D eigenvalue weighted by Crippen LogP contribution is -2.22. The molecular formula is C16H20ClNO2S. The van der Waals surface area contributed by atoms with Gasteiger partial charge in [-0.25, -0.2) is 0 Å². The third kappa shape index (κ3) is 3.90. The summed E-state index contributed by atoms with van der Waals surface area (Å²) in [6.45, 7) is 5.02. The molecule has 0 aliphatic heterocycles. The molecule has 0 unspecified atom stereocenters. The van der Waals surface area contributed by atoms with Crippen LogP contribution in [-0.4, -0.2) is 20.3 Å². The number of thiophene rings is 1. The second kappa shape index (κ2) is 7.16. The summed E-state index contributed by atoms with van der Waals surface area (Å²) in [6.07, 6.45) is 0. The first-order valence-corrected chi connectivity index (χ1v) is 7.98. The van der Waals surface area contributed by atoms with Gasteiger partial charge in [0.05, 0.1) is 18.6 Å². The molecule has 114 valence electrons. The highest BCUT2D eigenvalue weighted by molar-refractivity contribution is 7.19. The van der Waals surface area contributed by atoms with E-state index in [9.17, 15) is 0 Å². The predicted molar refractivity (Wildman–Crippen MR) is 89.8 cm³/mol. The predicted octanol–water partition coefficient (Wildman–Crippen LogP) is 4.58. The largest absolute Gasteiger partial charge is 0.493 e. The van der Waals surface area contributed by atoms with Crippen molar-refractivity contribution < 1.29 is 9.47 Å². The summed E-state index contributed by atoms with van der Waals surface area (Å²) in [6, 6.07) is 8.40. The smallest absolute Gasteiger partial charge is 0.161 e. The van der Waals surface area contributed by atoms with Crippen molar-refractivity contribution in [1.29, 1.82) is 0 Å². The van der Waals surface area contributed by atoms with E-state index in [2.05, 4.69) is 19.2 Å². The van der Waals surface area contributed by atoms with Crippen molar-refractivity contribution in [2.75, 3.05) is 14.2 Å². The fourth-order valence-corrected chi connectivity index (χ4v) is 3.16. The summed E-state index contributed by atoms with van der Waals surface area (Å²) >= 11 is 7.63. The number of ether oxygens (including phenoxy) is 2. The van der Waals surface area contributed by atoms with Gasteiger partial charge in [-0.3, -0.25) is 0 Å². The number of methoxy groups -OCH3 is 2. The Bertz CT molecular complexity index is 610. The van der Waals surface area contributed by atoms with E-state index in [4.69, 9.17) is 21.1 Å². The molecule has 0 aliphatic rings. The highest BCUT2D eigenvalue weighted by Crippen LogP contribution is 2.39. The van der Waals surface area contributed by atoms with E-state index in [1.165, 1.54) is 5.56 Å². The molecule has 0 saturated carbocycles. The molecule has 0 atom stereocenters. The summed E-state index contributed by atoms with van der Waals surface area (Å²) in [5.74, 6) is 1.47. The molecule has 0 bridgehead atoms.